The molecular weight excluding hydrogens is 295 g/mol. The number of nitrogens with one attached hydrogen (secondary N) is 2. The number of thiophene rings is 1. The quantitative estimate of drug-likeness (QED) is 0.825. The summed E-state index contributed by atoms with van der Waals surface area (Å²) in [5.41, 5.74) is 5.59. The van der Waals surface area contributed by atoms with Crippen molar-refractivity contribution in [1.82, 2.24) is 10.9 Å². The smallest absolute Gasteiger partial charge is 0.422 e. The number of hydrogen-bond donors (Lipinski definition) is 2. The van der Waals surface area contributed by atoms with E-state index in [1.54, 1.807) is 26.8 Å². The van der Waals surface area contributed by atoms with Gasteiger partial charge in [0.15, 0.2) is 0 Å². The number of carbonyl (C=O) groups excluding carboxylic acids is 1. The maximum Gasteiger partial charge on any atom is 0.422 e. The lowest BCUT2D eigenvalue weighted by Gasteiger charge is -2.21. The number of halogens is 2. The van der Waals surface area contributed by atoms with Crippen LogP contribution in [0.25, 0.3) is 0 Å². The second-order valence-corrected chi connectivity index (χ2v) is 7.06. The minimum Gasteiger partial charge on any atom is -0.443 e. The molecule has 1 amide bonds. The molecule has 4 nitrogen and oxygen atoms in total. The molecule has 0 saturated carbocycles. The molecule has 0 radical (unpaired) electrons. The van der Waals surface area contributed by atoms with Crippen LogP contribution in [0, 0.1) is 0 Å². The molecule has 1 aromatic heterocycles. The van der Waals surface area contributed by atoms with Crippen molar-refractivity contribution in [2.45, 2.75) is 39.3 Å². The van der Waals surface area contributed by atoms with Gasteiger partial charge in [0.1, 0.15) is 5.60 Å². The number of rotatable bonds is 3. The zero-order valence-electron chi connectivity index (χ0n) is 10.6. The molecule has 0 spiro atoms. The number of ether oxygens (including phenoxy) is 1. The summed E-state index contributed by atoms with van der Waals surface area (Å²) in [6, 6.07) is 1.61. The summed E-state index contributed by atoms with van der Waals surface area (Å²) in [6.07, 6.45) is -0.535. The Hall–Kier alpha value is -0.490. The van der Waals surface area contributed by atoms with Gasteiger partial charge < -0.3 is 4.74 Å². The van der Waals surface area contributed by atoms with Crippen molar-refractivity contribution >= 4 is 40.6 Å². The Balaban J connectivity index is 2.49. The van der Waals surface area contributed by atoms with Crippen molar-refractivity contribution in [3.8, 4) is 0 Å². The van der Waals surface area contributed by atoms with Crippen molar-refractivity contribution in [1.29, 1.82) is 0 Å². The van der Waals surface area contributed by atoms with E-state index in [4.69, 9.17) is 27.9 Å². The number of hydrazine groups is 1. The maximum absolute atomic E-state index is 11.4. The zero-order valence-corrected chi connectivity index (χ0v) is 13.0. The molecule has 0 aliphatic rings. The largest absolute Gasteiger partial charge is 0.443 e. The van der Waals surface area contributed by atoms with Gasteiger partial charge in [-0.2, -0.15) is 0 Å². The van der Waals surface area contributed by atoms with E-state index in [0.717, 1.165) is 5.56 Å². The van der Waals surface area contributed by atoms with Gasteiger partial charge >= 0.3 is 6.09 Å². The first kappa shape index (κ1) is 15.6. The van der Waals surface area contributed by atoms with Crippen LogP contribution < -0.4 is 10.9 Å². The van der Waals surface area contributed by atoms with E-state index >= 15 is 0 Å². The van der Waals surface area contributed by atoms with E-state index in [1.807, 2.05) is 6.92 Å². The van der Waals surface area contributed by atoms with Crippen molar-refractivity contribution in [2.24, 2.45) is 0 Å². The number of amides is 1. The molecule has 1 unspecified atom stereocenters. The summed E-state index contributed by atoms with van der Waals surface area (Å²) in [5, 5.41) is 0. The maximum atomic E-state index is 11.4. The minimum absolute atomic E-state index is 0.159. The van der Waals surface area contributed by atoms with E-state index in [9.17, 15) is 4.79 Å². The Kier molecular flexibility index (Phi) is 5.28. The Morgan fingerprint density at radius 2 is 2.06 bits per heavy atom. The molecule has 1 atom stereocenters. The molecule has 0 fully saturated rings. The Morgan fingerprint density at radius 3 is 2.50 bits per heavy atom. The van der Waals surface area contributed by atoms with Crippen LogP contribution in [0.5, 0.6) is 0 Å². The summed E-state index contributed by atoms with van der Waals surface area (Å²) in [5.74, 6) is 0. The third-order valence-electron chi connectivity index (χ3n) is 1.94. The first-order valence-electron chi connectivity index (χ1n) is 5.38. The molecule has 18 heavy (non-hydrogen) atoms. The molecule has 0 saturated heterocycles. The van der Waals surface area contributed by atoms with Crippen molar-refractivity contribution in [2.75, 3.05) is 0 Å². The van der Waals surface area contributed by atoms with Crippen LogP contribution in [0.2, 0.25) is 8.67 Å². The second kappa shape index (κ2) is 6.10. The van der Waals surface area contributed by atoms with Crippen LogP contribution in [-0.4, -0.2) is 11.7 Å². The normalized spacial score (nSPS) is 13.2. The fraction of sp³-hybridized carbons (Fsp3) is 0.545. The fourth-order valence-electron chi connectivity index (χ4n) is 1.20. The molecule has 7 heteroatoms. The van der Waals surface area contributed by atoms with Crippen molar-refractivity contribution < 1.29 is 9.53 Å². The third-order valence-corrected chi connectivity index (χ3v) is 3.46. The van der Waals surface area contributed by atoms with Gasteiger partial charge in [-0.15, -0.1) is 11.3 Å². The van der Waals surface area contributed by atoms with Gasteiger partial charge in [-0.3, -0.25) is 5.43 Å². The average molecular weight is 311 g/mol. The summed E-state index contributed by atoms with van der Waals surface area (Å²) in [4.78, 5) is 11.4. The SMILES string of the molecule is CC(NNC(=O)OC(C)(C)C)c1cc(Cl)sc1Cl. The van der Waals surface area contributed by atoms with Gasteiger partial charge in [0.25, 0.3) is 0 Å². The lowest BCUT2D eigenvalue weighted by molar-refractivity contribution is 0.0489. The van der Waals surface area contributed by atoms with Crippen LogP contribution in [0.15, 0.2) is 6.07 Å². The first-order valence-corrected chi connectivity index (χ1v) is 6.95. The van der Waals surface area contributed by atoms with Crippen LogP contribution in [0.4, 0.5) is 4.79 Å². The van der Waals surface area contributed by atoms with Gasteiger partial charge in [-0.25, -0.2) is 10.2 Å². The van der Waals surface area contributed by atoms with Crippen LogP contribution >= 0.6 is 34.5 Å². The zero-order chi connectivity index (χ0) is 13.9. The summed E-state index contributed by atoms with van der Waals surface area (Å²) < 4.78 is 6.31. The van der Waals surface area contributed by atoms with Crippen LogP contribution in [-0.2, 0) is 4.74 Å². The number of hydrogen-bond acceptors (Lipinski definition) is 4. The van der Waals surface area contributed by atoms with Crippen LogP contribution in [0.3, 0.4) is 0 Å². The van der Waals surface area contributed by atoms with E-state index in [0.29, 0.717) is 8.67 Å². The third kappa shape index (κ3) is 5.02. The van der Waals surface area contributed by atoms with Crippen molar-refractivity contribution in [3.63, 3.8) is 0 Å². The highest BCUT2D eigenvalue weighted by Gasteiger charge is 2.18. The predicted octanol–water partition coefficient (Wildman–Crippen LogP) is 4.15. The highest BCUT2D eigenvalue weighted by Crippen LogP contribution is 2.34. The minimum atomic E-state index is -0.535. The molecule has 102 valence electrons. The molecular formula is C11H16Cl2N2O2S. The van der Waals surface area contributed by atoms with E-state index in [1.165, 1.54) is 11.3 Å². The molecule has 1 rings (SSSR count). The molecule has 0 aliphatic carbocycles. The van der Waals surface area contributed by atoms with Gasteiger partial charge in [0.05, 0.1) is 14.7 Å². The van der Waals surface area contributed by atoms with Gasteiger partial charge in [-0.1, -0.05) is 23.2 Å². The van der Waals surface area contributed by atoms with E-state index in [-0.39, 0.29) is 6.04 Å². The fourth-order valence-corrected chi connectivity index (χ4v) is 2.84. The average Bonchev–Trinajstić information content (AvgIpc) is 2.52. The van der Waals surface area contributed by atoms with E-state index < -0.39 is 11.7 Å². The van der Waals surface area contributed by atoms with Gasteiger partial charge in [0, 0.05) is 5.56 Å². The van der Waals surface area contributed by atoms with E-state index in [2.05, 4.69) is 10.9 Å². The summed E-state index contributed by atoms with van der Waals surface area (Å²) >= 11 is 13.2. The molecule has 1 aromatic rings. The number of carbonyl (C=O) groups is 1. The summed E-state index contributed by atoms with van der Waals surface area (Å²) in [6.45, 7) is 7.25. The van der Waals surface area contributed by atoms with Gasteiger partial charge in [-0.05, 0) is 33.8 Å². The van der Waals surface area contributed by atoms with Crippen molar-refractivity contribution in [3.05, 3.63) is 20.3 Å². The molecule has 0 aromatic carbocycles. The molecule has 1 heterocycles. The standard InChI is InChI=1S/C11H16Cl2N2O2S/c1-6(7-5-8(12)18-9(7)13)14-15-10(16)17-11(2,3)4/h5-6,14H,1-4H3,(H,15,16). The Labute approximate surface area is 121 Å². The Bertz CT molecular complexity index is 429. The second-order valence-electron chi connectivity index (χ2n) is 4.77. The topological polar surface area (TPSA) is 50.4 Å². The lowest BCUT2D eigenvalue weighted by atomic mass is 10.2. The summed E-state index contributed by atoms with van der Waals surface area (Å²) in [7, 11) is 0. The highest BCUT2D eigenvalue weighted by molar-refractivity contribution is 7.20. The first-order chi connectivity index (χ1) is 8.19. The Morgan fingerprint density at radius 1 is 1.44 bits per heavy atom. The molecule has 0 bridgehead atoms. The van der Waals surface area contributed by atoms with Gasteiger partial charge in [0.2, 0.25) is 0 Å². The lowest BCUT2D eigenvalue weighted by Crippen LogP contribution is -2.42. The van der Waals surface area contributed by atoms with Crippen LogP contribution in [0.1, 0.15) is 39.3 Å². The molecule has 0 aliphatic heterocycles. The monoisotopic (exact) mass is 310 g/mol. The predicted molar refractivity (Wildman–Crippen MR) is 75.3 cm³/mol. The highest BCUT2D eigenvalue weighted by atomic mass is 35.5. The molecule has 2 N–H and O–H groups in total.